The van der Waals surface area contributed by atoms with Gasteiger partial charge in [0.05, 0.1) is 0 Å². The topological polar surface area (TPSA) is 62.2 Å². The van der Waals surface area contributed by atoms with Gasteiger partial charge in [0.1, 0.15) is 5.82 Å². The molecule has 2 aromatic heterocycles. The number of rotatable bonds is 4. The molecule has 0 fully saturated rings. The molecular formula is C17H21N5O. The lowest BCUT2D eigenvalue weighted by atomic mass is 10.0. The predicted octanol–water partition coefficient (Wildman–Crippen LogP) is 1.69. The maximum absolute atomic E-state index is 12.4. The number of nitrogens with zero attached hydrogens (tertiary/aromatic N) is 5. The molecule has 1 amide bonds. The fraction of sp³-hybridized carbons (Fsp3) is 0.412. The molecule has 0 unspecified atom stereocenters. The van der Waals surface area contributed by atoms with Crippen molar-refractivity contribution in [1.29, 1.82) is 0 Å². The van der Waals surface area contributed by atoms with E-state index in [0.29, 0.717) is 25.2 Å². The van der Waals surface area contributed by atoms with E-state index in [9.17, 15) is 4.79 Å². The maximum atomic E-state index is 12.4. The fourth-order valence-corrected chi connectivity index (χ4v) is 2.74. The molecular weight excluding hydrogens is 290 g/mol. The molecule has 1 aliphatic heterocycles. The lowest BCUT2D eigenvalue weighted by molar-refractivity contribution is -0.119. The summed E-state index contributed by atoms with van der Waals surface area (Å²) in [4.78, 5) is 29.7. The minimum Gasteiger partial charge on any atom is -0.308 e. The van der Waals surface area contributed by atoms with Gasteiger partial charge in [-0.3, -0.25) is 14.7 Å². The molecule has 0 aromatic carbocycles. The van der Waals surface area contributed by atoms with Crippen molar-refractivity contribution in [1.82, 2.24) is 19.9 Å². The van der Waals surface area contributed by atoms with Crippen LogP contribution in [0.25, 0.3) is 11.4 Å². The number of amides is 1. The normalized spacial score (nSPS) is 14.3. The van der Waals surface area contributed by atoms with E-state index in [1.54, 1.807) is 17.3 Å². The number of fused-ring (bicyclic) bond motifs is 1. The van der Waals surface area contributed by atoms with Crippen molar-refractivity contribution in [2.45, 2.75) is 19.8 Å². The van der Waals surface area contributed by atoms with E-state index in [1.165, 1.54) is 0 Å². The molecule has 0 bridgehead atoms. The van der Waals surface area contributed by atoms with Crippen LogP contribution in [0.1, 0.15) is 17.7 Å². The zero-order chi connectivity index (χ0) is 16.4. The molecule has 0 spiro atoms. The summed E-state index contributed by atoms with van der Waals surface area (Å²) in [7, 11) is 4.00. The third-order valence-corrected chi connectivity index (χ3v) is 4.03. The van der Waals surface area contributed by atoms with Crippen molar-refractivity contribution in [3.05, 3.63) is 35.8 Å². The van der Waals surface area contributed by atoms with Crippen molar-refractivity contribution in [2.75, 3.05) is 32.1 Å². The van der Waals surface area contributed by atoms with Gasteiger partial charge in [-0.05, 0) is 39.6 Å². The van der Waals surface area contributed by atoms with Gasteiger partial charge in [0.15, 0.2) is 5.82 Å². The molecule has 120 valence electrons. The van der Waals surface area contributed by atoms with Crippen LogP contribution in [0.15, 0.2) is 24.5 Å². The number of pyridine rings is 1. The zero-order valence-electron chi connectivity index (χ0n) is 13.8. The lowest BCUT2D eigenvalue weighted by Gasteiger charge is -2.30. The number of anilines is 1. The largest absolute Gasteiger partial charge is 0.308 e. The minimum atomic E-state index is 0.134. The highest BCUT2D eigenvalue weighted by molar-refractivity contribution is 5.95. The van der Waals surface area contributed by atoms with Crippen LogP contribution in [-0.4, -0.2) is 52.9 Å². The highest BCUT2D eigenvalue weighted by Gasteiger charge is 2.28. The Morgan fingerprint density at radius 2 is 2.09 bits per heavy atom. The first-order valence-electron chi connectivity index (χ1n) is 7.79. The molecule has 0 aliphatic carbocycles. The van der Waals surface area contributed by atoms with E-state index in [4.69, 9.17) is 0 Å². The molecule has 0 saturated carbocycles. The van der Waals surface area contributed by atoms with Gasteiger partial charge in [-0.1, -0.05) is 0 Å². The van der Waals surface area contributed by atoms with Crippen LogP contribution in [0.5, 0.6) is 0 Å². The fourth-order valence-electron chi connectivity index (χ4n) is 2.74. The Labute approximate surface area is 136 Å². The molecule has 0 saturated heterocycles. The van der Waals surface area contributed by atoms with Gasteiger partial charge in [0.2, 0.25) is 5.91 Å². The van der Waals surface area contributed by atoms with Crippen LogP contribution >= 0.6 is 0 Å². The van der Waals surface area contributed by atoms with Crippen LogP contribution in [-0.2, 0) is 11.2 Å². The van der Waals surface area contributed by atoms with Crippen molar-refractivity contribution in [2.24, 2.45) is 0 Å². The molecule has 3 rings (SSSR count). The van der Waals surface area contributed by atoms with Crippen LogP contribution < -0.4 is 4.90 Å². The van der Waals surface area contributed by atoms with Crippen molar-refractivity contribution < 1.29 is 4.79 Å². The molecule has 0 atom stereocenters. The van der Waals surface area contributed by atoms with Crippen LogP contribution in [0.2, 0.25) is 0 Å². The molecule has 6 nitrogen and oxygen atoms in total. The number of hydrogen-bond acceptors (Lipinski definition) is 5. The molecule has 6 heteroatoms. The number of likely N-dealkylation sites (N-methyl/N-ethyl adjacent to an activating group) is 1. The summed E-state index contributed by atoms with van der Waals surface area (Å²) in [6.07, 6.45) is 4.71. The van der Waals surface area contributed by atoms with Crippen molar-refractivity contribution >= 4 is 11.7 Å². The zero-order valence-corrected chi connectivity index (χ0v) is 13.8. The van der Waals surface area contributed by atoms with Crippen molar-refractivity contribution in [3.8, 4) is 11.4 Å². The summed E-state index contributed by atoms with van der Waals surface area (Å²) in [5.41, 5.74) is 2.89. The SMILES string of the molecule is Cc1nc(-c2cccnc2)nc2c1CCC(=O)N2CCN(C)C. The predicted molar refractivity (Wildman–Crippen MR) is 89.2 cm³/mol. The molecule has 0 radical (unpaired) electrons. The minimum absolute atomic E-state index is 0.134. The number of aromatic nitrogens is 3. The summed E-state index contributed by atoms with van der Waals surface area (Å²) in [5, 5.41) is 0. The van der Waals surface area contributed by atoms with E-state index in [2.05, 4.69) is 19.9 Å². The molecule has 23 heavy (non-hydrogen) atoms. The molecule has 3 heterocycles. The summed E-state index contributed by atoms with van der Waals surface area (Å²) in [6.45, 7) is 3.43. The monoisotopic (exact) mass is 311 g/mol. The number of carbonyl (C=O) groups is 1. The van der Waals surface area contributed by atoms with Gasteiger partial charge in [-0.2, -0.15) is 0 Å². The Morgan fingerprint density at radius 3 is 2.78 bits per heavy atom. The van der Waals surface area contributed by atoms with E-state index in [0.717, 1.165) is 29.2 Å². The van der Waals surface area contributed by atoms with Gasteiger partial charge in [0.25, 0.3) is 0 Å². The van der Waals surface area contributed by atoms with Gasteiger partial charge in [0, 0.05) is 48.7 Å². The highest BCUT2D eigenvalue weighted by atomic mass is 16.2. The second kappa shape index (κ2) is 6.42. The van der Waals surface area contributed by atoms with Crippen LogP contribution in [0.3, 0.4) is 0 Å². The Bertz CT molecular complexity index is 714. The average Bonchev–Trinajstić information content (AvgIpc) is 2.54. The van der Waals surface area contributed by atoms with Gasteiger partial charge < -0.3 is 4.90 Å². The van der Waals surface area contributed by atoms with Crippen LogP contribution in [0.4, 0.5) is 5.82 Å². The second-order valence-electron chi connectivity index (χ2n) is 6.03. The van der Waals surface area contributed by atoms with E-state index >= 15 is 0 Å². The van der Waals surface area contributed by atoms with E-state index in [-0.39, 0.29) is 5.91 Å². The van der Waals surface area contributed by atoms with E-state index < -0.39 is 0 Å². The standard InChI is InChI=1S/C17H21N5O/c1-12-14-6-7-15(23)22(10-9-21(2)3)17(14)20-16(19-12)13-5-4-8-18-11-13/h4-5,8,11H,6-7,9-10H2,1-3H3. The summed E-state index contributed by atoms with van der Waals surface area (Å²) >= 11 is 0. The molecule has 0 N–H and O–H groups in total. The van der Waals surface area contributed by atoms with E-state index in [1.807, 2.05) is 33.2 Å². The summed E-state index contributed by atoms with van der Waals surface area (Å²) in [5.74, 6) is 1.52. The number of carbonyl (C=O) groups excluding carboxylic acids is 1. The molecule has 2 aromatic rings. The smallest absolute Gasteiger partial charge is 0.228 e. The van der Waals surface area contributed by atoms with Gasteiger partial charge >= 0.3 is 0 Å². The quantitative estimate of drug-likeness (QED) is 0.860. The van der Waals surface area contributed by atoms with Crippen molar-refractivity contribution in [3.63, 3.8) is 0 Å². The van der Waals surface area contributed by atoms with Crippen LogP contribution in [0, 0.1) is 6.92 Å². The lowest BCUT2D eigenvalue weighted by Crippen LogP contribution is -2.40. The van der Waals surface area contributed by atoms with Gasteiger partial charge in [-0.15, -0.1) is 0 Å². The number of hydrogen-bond donors (Lipinski definition) is 0. The summed E-state index contributed by atoms with van der Waals surface area (Å²) in [6, 6.07) is 3.80. The first-order valence-corrected chi connectivity index (χ1v) is 7.79. The third kappa shape index (κ3) is 3.22. The second-order valence-corrected chi connectivity index (χ2v) is 6.03. The third-order valence-electron chi connectivity index (χ3n) is 4.03. The Morgan fingerprint density at radius 1 is 1.26 bits per heavy atom. The Kier molecular flexibility index (Phi) is 4.34. The number of aryl methyl sites for hydroxylation is 1. The first kappa shape index (κ1) is 15.6. The molecule has 1 aliphatic rings. The summed E-state index contributed by atoms with van der Waals surface area (Å²) < 4.78 is 0. The Balaban J connectivity index is 2.03. The maximum Gasteiger partial charge on any atom is 0.228 e. The highest BCUT2D eigenvalue weighted by Crippen LogP contribution is 2.30. The van der Waals surface area contributed by atoms with Gasteiger partial charge in [-0.25, -0.2) is 9.97 Å². The first-order chi connectivity index (χ1) is 11.1. The average molecular weight is 311 g/mol. The Hall–Kier alpha value is -2.34.